The Bertz CT molecular complexity index is 1140. The summed E-state index contributed by atoms with van der Waals surface area (Å²) in [5, 5.41) is 9.82. The second-order valence-electron chi connectivity index (χ2n) is 9.10. The van der Waals surface area contributed by atoms with Crippen molar-refractivity contribution in [2.75, 3.05) is 31.1 Å². The Balaban J connectivity index is 1.47. The minimum absolute atomic E-state index is 0.268. The highest BCUT2D eigenvalue weighted by molar-refractivity contribution is 5.93. The lowest BCUT2D eigenvalue weighted by Gasteiger charge is -2.37. The van der Waals surface area contributed by atoms with Gasteiger partial charge in [-0.2, -0.15) is 0 Å². The van der Waals surface area contributed by atoms with E-state index in [-0.39, 0.29) is 6.09 Å². The molecule has 1 aromatic carbocycles. The van der Waals surface area contributed by atoms with Crippen LogP contribution in [-0.2, 0) is 11.3 Å². The number of piperazine rings is 1. The minimum Gasteiger partial charge on any atom is -0.444 e. The maximum Gasteiger partial charge on any atom is 0.410 e. The van der Waals surface area contributed by atoms with E-state index in [1.807, 2.05) is 51.4 Å². The van der Waals surface area contributed by atoms with Crippen molar-refractivity contribution >= 4 is 28.7 Å². The molecule has 1 aliphatic heterocycles. The molecule has 1 saturated heterocycles. The van der Waals surface area contributed by atoms with Crippen LogP contribution < -0.4 is 10.4 Å². The van der Waals surface area contributed by atoms with Gasteiger partial charge in [0.1, 0.15) is 11.2 Å². The molecule has 3 heterocycles. The summed E-state index contributed by atoms with van der Waals surface area (Å²) in [4.78, 5) is 32.5. The lowest BCUT2D eigenvalue weighted by atomic mass is 10.1. The van der Waals surface area contributed by atoms with Gasteiger partial charge in [-0.15, -0.1) is 0 Å². The number of nitrogens with one attached hydrogen (secondary N) is 1. The van der Waals surface area contributed by atoms with E-state index in [4.69, 9.17) is 9.94 Å². The van der Waals surface area contributed by atoms with Crippen LogP contribution in [0, 0.1) is 0 Å². The molecule has 0 unspecified atom stereocenters. The van der Waals surface area contributed by atoms with Crippen molar-refractivity contribution in [3.8, 4) is 0 Å². The molecule has 9 heteroatoms. The summed E-state index contributed by atoms with van der Waals surface area (Å²) in [7, 11) is 0. The largest absolute Gasteiger partial charge is 0.444 e. The maximum atomic E-state index is 12.4. The highest BCUT2D eigenvalue weighted by atomic mass is 16.6. The predicted molar refractivity (Wildman–Crippen MR) is 125 cm³/mol. The molecule has 0 saturated carbocycles. The number of anilines is 1. The van der Waals surface area contributed by atoms with Gasteiger partial charge >= 0.3 is 6.09 Å². The SMILES string of the molecule is CC(C)(C)OC(=O)N1CCN(c2ccnc3c2ccn3Cc2ccc(C(=O)NO)cc2)CC1. The van der Waals surface area contributed by atoms with Crippen LogP contribution in [0.4, 0.5) is 10.5 Å². The molecule has 0 spiro atoms. The Kier molecular flexibility index (Phi) is 6.24. The molecule has 1 fully saturated rings. The molecule has 0 atom stereocenters. The molecule has 174 valence electrons. The first-order chi connectivity index (χ1) is 15.7. The Labute approximate surface area is 192 Å². The fraction of sp³-hybridized carbons (Fsp3) is 0.375. The molecule has 0 radical (unpaired) electrons. The van der Waals surface area contributed by atoms with Gasteiger partial charge in [-0.3, -0.25) is 10.0 Å². The summed E-state index contributed by atoms with van der Waals surface area (Å²) < 4.78 is 7.56. The number of benzene rings is 1. The predicted octanol–water partition coefficient (Wildman–Crippen LogP) is 3.26. The summed E-state index contributed by atoms with van der Waals surface area (Å²) in [5.41, 5.74) is 4.52. The van der Waals surface area contributed by atoms with Gasteiger partial charge in [0.15, 0.2) is 0 Å². The lowest BCUT2D eigenvalue weighted by Crippen LogP contribution is -2.50. The maximum absolute atomic E-state index is 12.4. The average Bonchev–Trinajstić information content (AvgIpc) is 3.21. The quantitative estimate of drug-likeness (QED) is 0.467. The molecule has 2 amide bonds. The van der Waals surface area contributed by atoms with E-state index >= 15 is 0 Å². The normalized spacial score (nSPS) is 14.4. The lowest BCUT2D eigenvalue weighted by molar-refractivity contribution is 0.0240. The van der Waals surface area contributed by atoms with Gasteiger partial charge in [0.05, 0.1) is 0 Å². The summed E-state index contributed by atoms with van der Waals surface area (Å²) in [5.74, 6) is -0.536. The molecule has 0 aliphatic carbocycles. The van der Waals surface area contributed by atoms with Gasteiger partial charge in [-0.25, -0.2) is 15.3 Å². The van der Waals surface area contributed by atoms with Gasteiger partial charge in [-0.1, -0.05) is 12.1 Å². The van der Waals surface area contributed by atoms with E-state index in [9.17, 15) is 9.59 Å². The van der Waals surface area contributed by atoms with E-state index in [2.05, 4.69) is 20.5 Å². The monoisotopic (exact) mass is 451 g/mol. The average molecular weight is 452 g/mol. The number of carbonyl (C=O) groups excluding carboxylic acids is 2. The highest BCUT2D eigenvalue weighted by Gasteiger charge is 2.26. The second kappa shape index (κ2) is 9.11. The van der Waals surface area contributed by atoms with E-state index in [0.717, 1.165) is 35.4 Å². The number of carbonyl (C=O) groups is 2. The second-order valence-corrected chi connectivity index (χ2v) is 9.10. The van der Waals surface area contributed by atoms with Crippen LogP contribution in [-0.4, -0.2) is 63.4 Å². The van der Waals surface area contributed by atoms with E-state index < -0.39 is 11.5 Å². The van der Waals surface area contributed by atoms with Crippen LogP contribution in [0.2, 0.25) is 0 Å². The standard InChI is InChI=1S/C24H29N5O4/c1-24(2,3)33-23(31)28-14-12-27(13-15-28)20-8-10-25-21-19(20)9-11-29(21)16-17-4-6-18(7-5-17)22(30)26-32/h4-11,32H,12-16H2,1-3H3,(H,26,30). The van der Waals surface area contributed by atoms with E-state index in [1.165, 1.54) is 0 Å². The van der Waals surface area contributed by atoms with Crippen LogP contribution in [0.3, 0.4) is 0 Å². The van der Waals surface area contributed by atoms with Crippen LogP contribution in [0.25, 0.3) is 11.0 Å². The third-order valence-corrected chi connectivity index (χ3v) is 5.58. The van der Waals surface area contributed by atoms with E-state index in [0.29, 0.717) is 25.2 Å². The number of aromatic nitrogens is 2. The van der Waals surface area contributed by atoms with E-state index in [1.54, 1.807) is 22.5 Å². The third-order valence-electron chi connectivity index (χ3n) is 5.58. The molecule has 0 bridgehead atoms. The van der Waals surface area contributed by atoms with Crippen LogP contribution in [0.15, 0.2) is 48.8 Å². The zero-order valence-corrected chi connectivity index (χ0v) is 19.1. The van der Waals surface area contributed by atoms with Crippen molar-refractivity contribution in [3.63, 3.8) is 0 Å². The number of amides is 2. The smallest absolute Gasteiger partial charge is 0.410 e. The van der Waals surface area contributed by atoms with Gasteiger partial charge < -0.3 is 19.1 Å². The summed E-state index contributed by atoms with van der Waals surface area (Å²) in [6.07, 6.45) is 3.55. The number of fused-ring (bicyclic) bond motifs is 1. The van der Waals surface area contributed by atoms with Crippen molar-refractivity contribution in [1.82, 2.24) is 19.9 Å². The fourth-order valence-corrected chi connectivity index (χ4v) is 3.96. The number of ether oxygens (including phenoxy) is 1. The van der Waals surface area contributed by atoms with Gasteiger partial charge in [0.25, 0.3) is 5.91 Å². The first kappa shape index (κ1) is 22.6. The Morgan fingerprint density at radius 1 is 1.06 bits per heavy atom. The third kappa shape index (κ3) is 5.09. The number of hydrogen-bond acceptors (Lipinski definition) is 6. The summed E-state index contributed by atoms with van der Waals surface area (Å²) in [6.45, 7) is 8.88. The first-order valence-corrected chi connectivity index (χ1v) is 11.0. The molecule has 2 N–H and O–H groups in total. The molecular weight excluding hydrogens is 422 g/mol. The summed E-state index contributed by atoms with van der Waals surface area (Å²) >= 11 is 0. The van der Waals surface area contributed by atoms with Crippen molar-refractivity contribution in [1.29, 1.82) is 0 Å². The minimum atomic E-state index is -0.536. The van der Waals surface area contributed by atoms with Crippen LogP contribution >= 0.6 is 0 Å². The summed E-state index contributed by atoms with van der Waals surface area (Å²) in [6, 6.07) is 11.1. The number of nitrogens with zero attached hydrogens (tertiary/aromatic N) is 4. The molecule has 4 rings (SSSR count). The van der Waals surface area contributed by atoms with Gasteiger partial charge in [0.2, 0.25) is 0 Å². The zero-order valence-electron chi connectivity index (χ0n) is 19.1. The van der Waals surface area contributed by atoms with Crippen molar-refractivity contribution < 1.29 is 19.5 Å². The van der Waals surface area contributed by atoms with Crippen molar-refractivity contribution in [2.45, 2.75) is 32.9 Å². The topological polar surface area (TPSA) is 99.9 Å². The number of hydroxylamine groups is 1. The first-order valence-electron chi connectivity index (χ1n) is 11.0. The highest BCUT2D eigenvalue weighted by Crippen LogP contribution is 2.28. The number of hydrogen-bond donors (Lipinski definition) is 2. The number of rotatable bonds is 4. The van der Waals surface area contributed by atoms with Crippen LogP contribution in [0.5, 0.6) is 0 Å². The zero-order chi connectivity index (χ0) is 23.6. The molecule has 3 aromatic rings. The molecule has 1 aliphatic rings. The van der Waals surface area contributed by atoms with Gasteiger partial charge in [0, 0.05) is 61.8 Å². The molecule has 9 nitrogen and oxygen atoms in total. The number of pyridine rings is 1. The Morgan fingerprint density at radius 3 is 2.39 bits per heavy atom. The molecule has 2 aromatic heterocycles. The molecule has 33 heavy (non-hydrogen) atoms. The van der Waals surface area contributed by atoms with Crippen molar-refractivity contribution in [3.05, 3.63) is 59.9 Å². The Hall–Kier alpha value is -3.59. The fourth-order valence-electron chi connectivity index (χ4n) is 3.96. The van der Waals surface area contributed by atoms with Gasteiger partial charge in [-0.05, 0) is 50.6 Å². The Morgan fingerprint density at radius 2 is 1.76 bits per heavy atom. The molecular formula is C24H29N5O4. The van der Waals surface area contributed by atoms with Crippen molar-refractivity contribution in [2.24, 2.45) is 0 Å². The van der Waals surface area contributed by atoms with Crippen LogP contribution in [0.1, 0.15) is 36.7 Å².